The smallest absolute Gasteiger partial charge is 0.118 e. The molecule has 0 aliphatic carbocycles. The number of rotatable bonds is 4. The fraction of sp³-hybridized carbons (Fsp3) is 0.400. The Morgan fingerprint density at radius 2 is 2.05 bits per heavy atom. The molecule has 1 aromatic heterocycles. The molecule has 0 spiro atoms. The van der Waals surface area contributed by atoms with Crippen LogP contribution in [-0.4, -0.2) is 33.4 Å². The Balaban J connectivity index is 1.67. The van der Waals surface area contributed by atoms with E-state index in [-0.39, 0.29) is 6.61 Å². The number of hydrogen-bond acceptors (Lipinski definition) is 4. The van der Waals surface area contributed by atoms with Gasteiger partial charge in [-0.15, -0.1) is 0 Å². The van der Waals surface area contributed by atoms with Crippen LogP contribution in [0.1, 0.15) is 17.0 Å². The summed E-state index contributed by atoms with van der Waals surface area (Å²) in [4.78, 5) is 2.39. The molecule has 0 fully saturated rings. The zero-order valence-corrected chi connectivity index (χ0v) is 11.6. The number of aliphatic hydroxyl groups is 1. The summed E-state index contributed by atoms with van der Waals surface area (Å²) in [6.07, 6.45) is 0. The van der Waals surface area contributed by atoms with Gasteiger partial charge < -0.3 is 9.84 Å². The molecule has 1 aromatic carbocycles. The van der Waals surface area contributed by atoms with Crippen LogP contribution in [-0.2, 0) is 26.2 Å². The van der Waals surface area contributed by atoms with Crippen LogP contribution in [0.4, 0.5) is 0 Å². The number of aromatic nitrogens is 2. The second-order valence-electron chi connectivity index (χ2n) is 5.07. The average Bonchev–Trinajstić information content (AvgIpc) is 2.90. The van der Waals surface area contributed by atoms with Crippen molar-refractivity contribution in [2.75, 3.05) is 13.7 Å². The van der Waals surface area contributed by atoms with E-state index in [2.05, 4.69) is 22.1 Å². The van der Waals surface area contributed by atoms with Gasteiger partial charge in [-0.05, 0) is 23.8 Å². The van der Waals surface area contributed by atoms with E-state index in [9.17, 15) is 0 Å². The summed E-state index contributed by atoms with van der Waals surface area (Å²) in [5.74, 6) is 0.887. The van der Waals surface area contributed by atoms with Crippen molar-refractivity contribution in [1.29, 1.82) is 0 Å². The number of benzene rings is 1. The Morgan fingerprint density at radius 1 is 1.25 bits per heavy atom. The normalized spacial score (nSPS) is 15.1. The van der Waals surface area contributed by atoms with Gasteiger partial charge in [-0.25, -0.2) is 0 Å². The third-order valence-electron chi connectivity index (χ3n) is 3.65. The molecular weight excluding hydrogens is 254 g/mol. The summed E-state index contributed by atoms with van der Waals surface area (Å²) >= 11 is 0. The second kappa shape index (κ2) is 5.64. The van der Waals surface area contributed by atoms with E-state index in [1.165, 1.54) is 11.3 Å². The molecule has 1 N–H and O–H groups in total. The molecule has 0 saturated carbocycles. The lowest BCUT2D eigenvalue weighted by molar-refractivity contribution is 0.204. The van der Waals surface area contributed by atoms with Gasteiger partial charge in [0.05, 0.1) is 31.6 Å². The lowest BCUT2D eigenvalue weighted by atomic mass is 10.2. The van der Waals surface area contributed by atoms with Crippen molar-refractivity contribution in [2.45, 2.75) is 26.2 Å². The minimum absolute atomic E-state index is 0.0124. The highest BCUT2D eigenvalue weighted by atomic mass is 16.5. The molecule has 0 amide bonds. The summed E-state index contributed by atoms with van der Waals surface area (Å²) < 4.78 is 7.17. The zero-order valence-electron chi connectivity index (χ0n) is 11.6. The molecule has 0 radical (unpaired) electrons. The number of fused-ring (bicyclic) bond motifs is 1. The van der Waals surface area contributed by atoms with Crippen LogP contribution in [0.2, 0.25) is 0 Å². The monoisotopic (exact) mass is 273 g/mol. The molecule has 0 atom stereocenters. The molecule has 5 nitrogen and oxygen atoms in total. The third kappa shape index (κ3) is 2.69. The van der Waals surface area contributed by atoms with E-state index in [1.54, 1.807) is 7.11 Å². The van der Waals surface area contributed by atoms with Crippen LogP contribution in [0.5, 0.6) is 5.75 Å². The second-order valence-corrected chi connectivity index (χ2v) is 5.07. The van der Waals surface area contributed by atoms with Crippen LogP contribution >= 0.6 is 0 Å². The van der Waals surface area contributed by atoms with Gasteiger partial charge in [0.1, 0.15) is 5.75 Å². The van der Waals surface area contributed by atoms with Crippen LogP contribution in [0.15, 0.2) is 30.3 Å². The Bertz CT molecular complexity index is 577. The van der Waals surface area contributed by atoms with E-state index < -0.39 is 0 Å². The fourth-order valence-electron chi connectivity index (χ4n) is 2.58. The zero-order chi connectivity index (χ0) is 13.9. The van der Waals surface area contributed by atoms with E-state index >= 15 is 0 Å². The van der Waals surface area contributed by atoms with Gasteiger partial charge in [0, 0.05) is 19.6 Å². The number of methoxy groups -OCH3 is 1. The SMILES string of the molecule is COc1ccc(CN2CCn3nc(CO)cc3C2)cc1. The van der Waals surface area contributed by atoms with Crippen molar-refractivity contribution in [3.8, 4) is 5.75 Å². The summed E-state index contributed by atoms with van der Waals surface area (Å²) in [6, 6.07) is 10.2. The van der Waals surface area contributed by atoms with Gasteiger partial charge in [-0.2, -0.15) is 5.10 Å². The van der Waals surface area contributed by atoms with Gasteiger partial charge in [0.15, 0.2) is 0 Å². The molecule has 1 aliphatic rings. The molecule has 5 heteroatoms. The molecule has 0 saturated heterocycles. The number of ether oxygens (including phenoxy) is 1. The van der Waals surface area contributed by atoms with Crippen molar-refractivity contribution in [3.63, 3.8) is 0 Å². The van der Waals surface area contributed by atoms with Gasteiger partial charge in [-0.1, -0.05) is 12.1 Å². The van der Waals surface area contributed by atoms with E-state index in [4.69, 9.17) is 9.84 Å². The van der Waals surface area contributed by atoms with Crippen molar-refractivity contribution >= 4 is 0 Å². The summed E-state index contributed by atoms with van der Waals surface area (Å²) in [5, 5.41) is 13.5. The molecule has 0 unspecified atom stereocenters. The Morgan fingerprint density at radius 3 is 2.75 bits per heavy atom. The summed E-state index contributed by atoms with van der Waals surface area (Å²) in [6.45, 7) is 3.66. The highest BCUT2D eigenvalue weighted by molar-refractivity contribution is 5.27. The first-order valence-corrected chi connectivity index (χ1v) is 6.80. The highest BCUT2D eigenvalue weighted by Gasteiger charge is 2.18. The van der Waals surface area contributed by atoms with Gasteiger partial charge >= 0.3 is 0 Å². The van der Waals surface area contributed by atoms with Crippen molar-refractivity contribution < 1.29 is 9.84 Å². The van der Waals surface area contributed by atoms with Crippen LogP contribution in [0.3, 0.4) is 0 Å². The first-order chi connectivity index (χ1) is 9.78. The van der Waals surface area contributed by atoms with Crippen LogP contribution in [0.25, 0.3) is 0 Å². The first-order valence-electron chi connectivity index (χ1n) is 6.80. The predicted molar refractivity (Wildman–Crippen MR) is 75.3 cm³/mol. The minimum Gasteiger partial charge on any atom is -0.497 e. The maximum absolute atomic E-state index is 9.14. The lowest BCUT2D eigenvalue weighted by Gasteiger charge is -2.27. The largest absolute Gasteiger partial charge is 0.497 e. The molecule has 20 heavy (non-hydrogen) atoms. The fourth-order valence-corrected chi connectivity index (χ4v) is 2.58. The number of hydrogen-bond donors (Lipinski definition) is 1. The topological polar surface area (TPSA) is 50.5 Å². The van der Waals surface area contributed by atoms with Gasteiger partial charge in [0.2, 0.25) is 0 Å². The van der Waals surface area contributed by atoms with E-state index in [1.807, 2.05) is 22.9 Å². The Labute approximate surface area is 118 Å². The summed E-state index contributed by atoms with van der Waals surface area (Å²) in [7, 11) is 1.68. The van der Waals surface area contributed by atoms with Gasteiger partial charge in [0.25, 0.3) is 0 Å². The Hall–Kier alpha value is -1.85. The molecule has 2 heterocycles. The van der Waals surface area contributed by atoms with Crippen molar-refractivity contribution in [3.05, 3.63) is 47.3 Å². The highest BCUT2D eigenvalue weighted by Crippen LogP contribution is 2.18. The standard InChI is InChI=1S/C15H19N3O2/c1-20-15-4-2-12(3-5-15)9-17-6-7-18-14(10-17)8-13(11-19)16-18/h2-5,8,19H,6-7,9-11H2,1H3. The van der Waals surface area contributed by atoms with Crippen molar-refractivity contribution in [2.24, 2.45) is 0 Å². The quantitative estimate of drug-likeness (QED) is 0.915. The maximum atomic E-state index is 9.14. The molecule has 106 valence electrons. The molecule has 1 aliphatic heterocycles. The molecule has 2 aromatic rings. The van der Waals surface area contributed by atoms with E-state index in [0.717, 1.165) is 37.6 Å². The first kappa shape index (κ1) is 13.1. The average molecular weight is 273 g/mol. The Kier molecular flexibility index (Phi) is 3.71. The third-order valence-corrected chi connectivity index (χ3v) is 3.65. The molecule has 3 rings (SSSR count). The minimum atomic E-state index is 0.0124. The lowest BCUT2D eigenvalue weighted by Crippen LogP contribution is -2.33. The molecular formula is C15H19N3O2. The van der Waals surface area contributed by atoms with Gasteiger partial charge in [-0.3, -0.25) is 9.58 Å². The van der Waals surface area contributed by atoms with Crippen molar-refractivity contribution in [1.82, 2.24) is 14.7 Å². The number of nitrogens with zero attached hydrogens (tertiary/aromatic N) is 3. The van der Waals surface area contributed by atoms with Crippen LogP contribution < -0.4 is 4.74 Å². The molecule has 0 bridgehead atoms. The maximum Gasteiger partial charge on any atom is 0.118 e. The van der Waals surface area contributed by atoms with E-state index in [0.29, 0.717) is 0 Å². The number of aliphatic hydroxyl groups excluding tert-OH is 1. The summed E-state index contributed by atoms with van der Waals surface area (Å²) in [5.41, 5.74) is 3.21. The predicted octanol–water partition coefficient (Wildman–Crippen LogP) is 1.40. The van der Waals surface area contributed by atoms with Crippen LogP contribution in [0, 0.1) is 0 Å².